The number of carbonyl (C=O) groups is 2. The standard InChI is InChI=1S/C63H106O5/c1-4-7-10-13-16-19-22-25-28-30-32-33-36-38-41-44-47-50-53-56-62(64)67-60-61(68-63(65)57-54-51-48-45-42-39-35-27-24-21-18-15-12-9-6-3)59-66-58-55-52-49-46-43-40-37-34-31-29-26-23-20-17-14-11-8-5-2/h7-8,10-11,16-17,19-20,25-26,28-29,32-33,38,41,47,50,61H,4-6,9,12-15,18,21-24,27,30-31,34-37,39-40,42-46,48-49,51-60H2,1-3H3/b10-7-,11-8-,19-16-,20-17-,28-25-,29-26-,33-32-,41-38-,50-47-. The van der Waals surface area contributed by atoms with E-state index in [4.69, 9.17) is 14.2 Å². The molecule has 1 unspecified atom stereocenters. The molecule has 0 saturated carbocycles. The van der Waals surface area contributed by atoms with Gasteiger partial charge in [0.25, 0.3) is 0 Å². The third-order valence-corrected chi connectivity index (χ3v) is 11.8. The van der Waals surface area contributed by atoms with Crippen LogP contribution in [-0.4, -0.2) is 37.9 Å². The molecular formula is C63H106O5. The number of hydrogen-bond acceptors (Lipinski definition) is 5. The summed E-state index contributed by atoms with van der Waals surface area (Å²) < 4.78 is 17.4. The van der Waals surface area contributed by atoms with Crippen molar-refractivity contribution in [2.45, 2.75) is 258 Å². The molecule has 0 rings (SSSR count). The number of unbranched alkanes of at least 4 members (excludes halogenated alkanes) is 22. The zero-order valence-corrected chi connectivity index (χ0v) is 44.6. The van der Waals surface area contributed by atoms with Crippen LogP contribution in [0.4, 0.5) is 0 Å². The number of esters is 2. The molecule has 0 aromatic heterocycles. The molecule has 1 atom stereocenters. The van der Waals surface area contributed by atoms with E-state index in [1.165, 1.54) is 128 Å². The van der Waals surface area contributed by atoms with Crippen molar-refractivity contribution in [3.8, 4) is 0 Å². The van der Waals surface area contributed by atoms with Crippen LogP contribution in [0.1, 0.15) is 252 Å². The molecule has 0 aliphatic heterocycles. The molecular weight excluding hydrogens is 837 g/mol. The highest BCUT2D eigenvalue weighted by molar-refractivity contribution is 5.70. The summed E-state index contributed by atoms with van der Waals surface area (Å²) >= 11 is 0. The van der Waals surface area contributed by atoms with Gasteiger partial charge in [0.15, 0.2) is 6.10 Å². The molecule has 0 heterocycles. The van der Waals surface area contributed by atoms with Gasteiger partial charge in [-0.15, -0.1) is 0 Å². The van der Waals surface area contributed by atoms with E-state index in [0.717, 1.165) is 83.5 Å². The summed E-state index contributed by atoms with van der Waals surface area (Å²) in [6.45, 7) is 7.52. The maximum Gasteiger partial charge on any atom is 0.306 e. The Morgan fingerprint density at radius 3 is 1.12 bits per heavy atom. The van der Waals surface area contributed by atoms with Crippen molar-refractivity contribution in [1.29, 1.82) is 0 Å². The van der Waals surface area contributed by atoms with E-state index in [9.17, 15) is 9.59 Å². The van der Waals surface area contributed by atoms with Crippen LogP contribution < -0.4 is 0 Å². The normalized spacial score (nSPS) is 13.0. The average Bonchev–Trinajstić information content (AvgIpc) is 3.34. The van der Waals surface area contributed by atoms with Crippen LogP contribution >= 0.6 is 0 Å². The van der Waals surface area contributed by atoms with Gasteiger partial charge in [0.2, 0.25) is 0 Å². The van der Waals surface area contributed by atoms with E-state index in [2.05, 4.69) is 124 Å². The summed E-state index contributed by atoms with van der Waals surface area (Å²) in [7, 11) is 0. The van der Waals surface area contributed by atoms with Crippen LogP contribution in [0.25, 0.3) is 0 Å². The van der Waals surface area contributed by atoms with Crippen molar-refractivity contribution < 1.29 is 23.8 Å². The quantitative estimate of drug-likeness (QED) is 0.0345. The van der Waals surface area contributed by atoms with Crippen LogP contribution in [0.5, 0.6) is 0 Å². The monoisotopic (exact) mass is 943 g/mol. The maximum atomic E-state index is 12.9. The van der Waals surface area contributed by atoms with Gasteiger partial charge < -0.3 is 14.2 Å². The lowest BCUT2D eigenvalue weighted by molar-refractivity contribution is -0.162. The molecule has 0 aliphatic rings. The van der Waals surface area contributed by atoms with Crippen molar-refractivity contribution in [3.63, 3.8) is 0 Å². The molecule has 5 nitrogen and oxygen atoms in total. The molecule has 0 saturated heterocycles. The second-order valence-corrected chi connectivity index (χ2v) is 18.4. The first-order chi connectivity index (χ1) is 33.6. The third kappa shape index (κ3) is 55.2. The van der Waals surface area contributed by atoms with Crippen LogP contribution in [0.2, 0.25) is 0 Å². The minimum atomic E-state index is -0.576. The summed E-state index contributed by atoms with van der Waals surface area (Å²) in [4.78, 5) is 25.5. The van der Waals surface area contributed by atoms with Gasteiger partial charge in [-0.1, -0.05) is 259 Å². The molecule has 388 valence electrons. The first-order valence-corrected chi connectivity index (χ1v) is 28.4. The Morgan fingerprint density at radius 2 is 0.691 bits per heavy atom. The number of hydrogen-bond donors (Lipinski definition) is 0. The lowest BCUT2D eigenvalue weighted by Gasteiger charge is -2.18. The minimum Gasteiger partial charge on any atom is -0.462 e. The van der Waals surface area contributed by atoms with Gasteiger partial charge in [-0.25, -0.2) is 0 Å². The van der Waals surface area contributed by atoms with Gasteiger partial charge in [-0.3, -0.25) is 9.59 Å². The summed E-state index contributed by atoms with van der Waals surface area (Å²) in [5, 5.41) is 0. The zero-order valence-electron chi connectivity index (χ0n) is 44.6. The summed E-state index contributed by atoms with van der Waals surface area (Å²) in [6.07, 6.45) is 79.8. The van der Waals surface area contributed by atoms with Crippen LogP contribution in [-0.2, 0) is 23.8 Å². The third-order valence-electron chi connectivity index (χ3n) is 11.8. The van der Waals surface area contributed by atoms with Crippen LogP contribution in [0, 0.1) is 0 Å². The van der Waals surface area contributed by atoms with E-state index >= 15 is 0 Å². The van der Waals surface area contributed by atoms with Gasteiger partial charge in [-0.2, -0.15) is 0 Å². The molecule has 0 radical (unpaired) electrons. The van der Waals surface area contributed by atoms with Crippen molar-refractivity contribution in [2.24, 2.45) is 0 Å². The Kier molecular flexibility index (Phi) is 54.9. The Balaban J connectivity index is 4.40. The fourth-order valence-corrected chi connectivity index (χ4v) is 7.67. The minimum absolute atomic E-state index is 0.0387. The predicted octanol–water partition coefficient (Wildman–Crippen LogP) is 19.6. The first-order valence-electron chi connectivity index (χ1n) is 28.4. The smallest absolute Gasteiger partial charge is 0.306 e. The van der Waals surface area contributed by atoms with Gasteiger partial charge in [-0.05, 0) is 89.9 Å². The van der Waals surface area contributed by atoms with E-state index in [-0.39, 0.29) is 25.2 Å². The highest BCUT2D eigenvalue weighted by Crippen LogP contribution is 2.15. The van der Waals surface area contributed by atoms with E-state index < -0.39 is 6.10 Å². The molecule has 0 aliphatic carbocycles. The Morgan fingerprint density at radius 1 is 0.338 bits per heavy atom. The Labute approximate surface area is 421 Å². The summed E-state index contributed by atoms with van der Waals surface area (Å²) in [5.74, 6) is -0.495. The van der Waals surface area contributed by atoms with Crippen molar-refractivity contribution >= 4 is 11.9 Å². The number of carbonyl (C=O) groups excluding carboxylic acids is 2. The highest BCUT2D eigenvalue weighted by atomic mass is 16.6. The molecule has 0 aromatic rings. The fraction of sp³-hybridized carbons (Fsp3) is 0.683. The molecule has 0 aromatic carbocycles. The second-order valence-electron chi connectivity index (χ2n) is 18.4. The highest BCUT2D eigenvalue weighted by Gasteiger charge is 2.17. The largest absolute Gasteiger partial charge is 0.462 e. The topological polar surface area (TPSA) is 61.8 Å². The molecule has 0 fully saturated rings. The fourth-order valence-electron chi connectivity index (χ4n) is 7.67. The van der Waals surface area contributed by atoms with Gasteiger partial charge in [0, 0.05) is 19.4 Å². The SMILES string of the molecule is CC/C=C\C/C=C\C/C=C\C/C=C\C/C=C\C/C=C\CCC(=O)OCC(COCCCCCCCCCC/C=C\C/C=C\C/C=C\CC)OC(=O)CCCCCCCCCCCCCCCCC. The number of rotatable bonds is 51. The lowest BCUT2D eigenvalue weighted by atomic mass is 10.0. The number of ether oxygens (including phenoxy) is 3. The predicted molar refractivity (Wildman–Crippen MR) is 297 cm³/mol. The molecule has 0 spiro atoms. The van der Waals surface area contributed by atoms with E-state index in [1.54, 1.807) is 0 Å². The van der Waals surface area contributed by atoms with Crippen molar-refractivity contribution in [2.75, 3.05) is 19.8 Å². The molecule has 0 N–H and O–H groups in total. The Hall–Kier alpha value is -3.44. The van der Waals surface area contributed by atoms with Crippen LogP contribution in [0.15, 0.2) is 109 Å². The molecule has 0 bridgehead atoms. The summed E-state index contributed by atoms with van der Waals surface area (Å²) in [5.41, 5.74) is 0. The van der Waals surface area contributed by atoms with E-state index in [1.807, 2.05) is 6.08 Å². The Bertz CT molecular complexity index is 1340. The van der Waals surface area contributed by atoms with Gasteiger partial charge in [0.05, 0.1) is 6.61 Å². The van der Waals surface area contributed by atoms with Crippen molar-refractivity contribution in [1.82, 2.24) is 0 Å². The van der Waals surface area contributed by atoms with Gasteiger partial charge in [0.1, 0.15) is 6.61 Å². The lowest BCUT2D eigenvalue weighted by Crippen LogP contribution is -2.30. The maximum absolute atomic E-state index is 12.9. The van der Waals surface area contributed by atoms with Gasteiger partial charge >= 0.3 is 11.9 Å². The summed E-state index contributed by atoms with van der Waals surface area (Å²) in [6, 6.07) is 0. The average molecular weight is 944 g/mol. The van der Waals surface area contributed by atoms with Crippen LogP contribution in [0.3, 0.4) is 0 Å². The van der Waals surface area contributed by atoms with E-state index in [0.29, 0.717) is 25.9 Å². The molecule has 5 heteroatoms. The second kappa shape index (κ2) is 57.9. The van der Waals surface area contributed by atoms with Crippen molar-refractivity contribution in [3.05, 3.63) is 109 Å². The number of allylic oxidation sites excluding steroid dienone is 18. The zero-order chi connectivity index (χ0) is 49.2. The molecule has 0 amide bonds. The molecule has 68 heavy (non-hydrogen) atoms. The first kappa shape index (κ1) is 64.6.